The summed E-state index contributed by atoms with van der Waals surface area (Å²) >= 11 is 9.64. The van der Waals surface area contributed by atoms with E-state index in [9.17, 15) is 4.79 Å². The number of carbonyl (C=O) groups excluding carboxylic acids is 1. The molecule has 0 atom stereocenters. The number of piperidine rings is 1. The second-order valence-electron chi connectivity index (χ2n) is 5.87. The van der Waals surface area contributed by atoms with Gasteiger partial charge < -0.3 is 10.2 Å². The van der Waals surface area contributed by atoms with E-state index in [1.807, 2.05) is 36.9 Å². The minimum absolute atomic E-state index is 0.0936. The highest BCUT2D eigenvalue weighted by molar-refractivity contribution is 9.10. The average Bonchev–Trinajstić information content (AvgIpc) is 2.46. The van der Waals surface area contributed by atoms with Gasteiger partial charge in [0.05, 0.1) is 0 Å². The molecule has 1 fully saturated rings. The molecule has 0 aliphatic carbocycles. The van der Waals surface area contributed by atoms with Crippen LogP contribution in [0.4, 0.5) is 0 Å². The third-order valence-corrected chi connectivity index (χ3v) is 4.74. The van der Waals surface area contributed by atoms with Crippen molar-refractivity contribution in [1.82, 2.24) is 10.2 Å². The van der Waals surface area contributed by atoms with Gasteiger partial charge in [-0.2, -0.15) is 0 Å². The van der Waals surface area contributed by atoms with Gasteiger partial charge in [-0.15, -0.1) is 0 Å². The van der Waals surface area contributed by atoms with E-state index < -0.39 is 0 Å². The highest BCUT2D eigenvalue weighted by Gasteiger charge is 2.23. The zero-order valence-electron chi connectivity index (χ0n) is 12.5. The Morgan fingerprint density at radius 3 is 2.67 bits per heavy atom. The Labute approximate surface area is 140 Å². The van der Waals surface area contributed by atoms with Crippen molar-refractivity contribution in [1.29, 1.82) is 0 Å². The first kappa shape index (κ1) is 16.8. The molecule has 0 unspecified atom stereocenters. The highest BCUT2D eigenvalue weighted by atomic mass is 79.9. The SMILES string of the molecule is CC(C)C(=O)N1CCC(NCc2ccc(Br)cc2Cl)CC1. The van der Waals surface area contributed by atoms with E-state index in [1.54, 1.807) is 0 Å². The molecule has 0 spiro atoms. The standard InChI is InChI=1S/C16H22BrClN2O/c1-11(2)16(21)20-7-5-14(6-8-20)19-10-12-3-4-13(17)9-15(12)18/h3-4,9,11,14,19H,5-8,10H2,1-2H3. The van der Waals surface area contributed by atoms with E-state index in [2.05, 4.69) is 21.2 Å². The number of rotatable bonds is 4. The van der Waals surface area contributed by atoms with Crippen LogP contribution >= 0.6 is 27.5 Å². The molecule has 1 aliphatic heterocycles. The fourth-order valence-corrected chi connectivity index (χ4v) is 3.33. The number of nitrogens with zero attached hydrogens (tertiary/aromatic N) is 1. The molecular formula is C16H22BrClN2O. The van der Waals surface area contributed by atoms with E-state index in [0.717, 1.165) is 47.5 Å². The maximum Gasteiger partial charge on any atom is 0.225 e. The van der Waals surface area contributed by atoms with Crippen molar-refractivity contribution in [3.05, 3.63) is 33.3 Å². The summed E-state index contributed by atoms with van der Waals surface area (Å²) in [4.78, 5) is 13.9. The number of hydrogen-bond acceptors (Lipinski definition) is 2. The van der Waals surface area contributed by atoms with Gasteiger partial charge in [0.2, 0.25) is 5.91 Å². The third-order valence-electron chi connectivity index (χ3n) is 3.90. The molecule has 1 aromatic carbocycles. The molecule has 2 rings (SSSR count). The van der Waals surface area contributed by atoms with E-state index in [1.165, 1.54) is 0 Å². The maximum absolute atomic E-state index is 11.9. The molecule has 1 saturated heterocycles. The van der Waals surface area contributed by atoms with Gasteiger partial charge in [-0.25, -0.2) is 0 Å². The van der Waals surface area contributed by atoms with Gasteiger partial charge in [0.1, 0.15) is 0 Å². The number of halogens is 2. The zero-order chi connectivity index (χ0) is 15.4. The second kappa shape index (κ2) is 7.61. The Morgan fingerprint density at radius 1 is 1.43 bits per heavy atom. The Morgan fingerprint density at radius 2 is 2.10 bits per heavy atom. The molecule has 1 aromatic rings. The van der Waals surface area contributed by atoms with Crippen LogP contribution in [0.3, 0.4) is 0 Å². The number of benzene rings is 1. The minimum atomic E-state index is 0.0936. The van der Waals surface area contributed by atoms with Gasteiger partial charge in [-0.1, -0.05) is 47.4 Å². The quantitative estimate of drug-likeness (QED) is 0.869. The Bertz CT molecular complexity index is 499. The Kier molecular flexibility index (Phi) is 6.08. The van der Waals surface area contributed by atoms with E-state index in [0.29, 0.717) is 6.04 Å². The largest absolute Gasteiger partial charge is 0.342 e. The van der Waals surface area contributed by atoms with Gasteiger partial charge in [0.25, 0.3) is 0 Å². The summed E-state index contributed by atoms with van der Waals surface area (Å²) in [6.07, 6.45) is 2.01. The van der Waals surface area contributed by atoms with Crippen molar-refractivity contribution in [2.24, 2.45) is 5.92 Å². The number of likely N-dealkylation sites (tertiary alicyclic amines) is 1. The van der Waals surface area contributed by atoms with E-state index in [4.69, 9.17) is 11.6 Å². The van der Waals surface area contributed by atoms with Crippen LogP contribution in [0.1, 0.15) is 32.3 Å². The van der Waals surface area contributed by atoms with Gasteiger partial charge in [0.15, 0.2) is 0 Å². The smallest absolute Gasteiger partial charge is 0.225 e. The van der Waals surface area contributed by atoms with Crippen molar-refractivity contribution in [3.63, 3.8) is 0 Å². The topological polar surface area (TPSA) is 32.3 Å². The molecule has 116 valence electrons. The lowest BCUT2D eigenvalue weighted by molar-refractivity contribution is -0.135. The van der Waals surface area contributed by atoms with E-state index in [-0.39, 0.29) is 11.8 Å². The molecule has 1 heterocycles. The molecule has 0 bridgehead atoms. The molecule has 21 heavy (non-hydrogen) atoms. The number of nitrogens with one attached hydrogen (secondary N) is 1. The average molecular weight is 374 g/mol. The van der Waals surface area contributed by atoms with Gasteiger partial charge in [-0.3, -0.25) is 4.79 Å². The van der Waals surface area contributed by atoms with Crippen LogP contribution in [-0.4, -0.2) is 29.9 Å². The first-order chi connectivity index (χ1) is 9.97. The fourth-order valence-electron chi connectivity index (χ4n) is 2.59. The van der Waals surface area contributed by atoms with Crippen molar-refractivity contribution >= 4 is 33.4 Å². The first-order valence-corrected chi connectivity index (χ1v) is 8.60. The molecule has 3 nitrogen and oxygen atoms in total. The van der Waals surface area contributed by atoms with Crippen molar-refractivity contribution in [2.45, 2.75) is 39.3 Å². The van der Waals surface area contributed by atoms with Crippen LogP contribution in [0.15, 0.2) is 22.7 Å². The summed E-state index contributed by atoms with van der Waals surface area (Å²) in [5.74, 6) is 0.362. The molecule has 5 heteroatoms. The van der Waals surface area contributed by atoms with Crippen LogP contribution in [-0.2, 0) is 11.3 Å². The molecule has 0 radical (unpaired) electrons. The lowest BCUT2D eigenvalue weighted by atomic mass is 10.0. The fraction of sp³-hybridized carbons (Fsp3) is 0.562. The van der Waals surface area contributed by atoms with Gasteiger partial charge >= 0.3 is 0 Å². The summed E-state index contributed by atoms with van der Waals surface area (Å²) < 4.78 is 0.997. The summed E-state index contributed by atoms with van der Waals surface area (Å²) in [6.45, 7) is 6.39. The molecule has 0 saturated carbocycles. The van der Waals surface area contributed by atoms with Crippen LogP contribution in [0, 0.1) is 5.92 Å². The van der Waals surface area contributed by atoms with Crippen LogP contribution < -0.4 is 5.32 Å². The van der Waals surface area contributed by atoms with Crippen molar-refractivity contribution in [2.75, 3.05) is 13.1 Å². The zero-order valence-corrected chi connectivity index (χ0v) is 14.9. The first-order valence-electron chi connectivity index (χ1n) is 7.43. The summed E-state index contributed by atoms with van der Waals surface area (Å²) in [5.41, 5.74) is 1.11. The highest BCUT2D eigenvalue weighted by Crippen LogP contribution is 2.22. The lowest BCUT2D eigenvalue weighted by Crippen LogP contribution is -2.46. The number of carbonyl (C=O) groups is 1. The maximum atomic E-state index is 11.9. The van der Waals surface area contributed by atoms with Gasteiger partial charge in [-0.05, 0) is 30.5 Å². The Hall–Kier alpha value is -0.580. The van der Waals surface area contributed by atoms with E-state index >= 15 is 0 Å². The predicted octanol–water partition coefficient (Wildman–Crippen LogP) is 3.84. The number of amides is 1. The third kappa shape index (κ3) is 4.70. The molecular weight excluding hydrogens is 352 g/mol. The van der Waals surface area contributed by atoms with Crippen LogP contribution in [0.25, 0.3) is 0 Å². The van der Waals surface area contributed by atoms with Crippen LogP contribution in [0.5, 0.6) is 0 Å². The van der Waals surface area contributed by atoms with Crippen LogP contribution in [0.2, 0.25) is 5.02 Å². The summed E-state index contributed by atoms with van der Waals surface area (Å²) in [7, 11) is 0. The minimum Gasteiger partial charge on any atom is -0.342 e. The van der Waals surface area contributed by atoms with Crippen molar-refractivity contribution < 1.29 is 4.79 Å². The number of hydrogen-bond donors (Lipinski definition) is 1. The summed E-state index contributed by atoms with van der Waals surface area (Å²) in [5, 5.41) is 4.33. The normalized spacial score (nSPS) is 16.5. The predicted molar refractivity (Wildman–Crippen MR) is 90.4 cm³/mol. The van der Waals surface area contributed by atoms with Gasteiger partial charge in [0, 0.05) is 41.1 Å². The molecule has 1 amide bonds. The lowest BCUT2D eigenvalue weighted by Gasteiger charge is -2.33. The molecule has 1 N–H and O–H groups in total. The molecule has 0 aromatic heterocycles. The monoisotopic (exact) mass is 372 g/mol. The van der Waals surface area contributed by atoms with Crippen molar-refractivity contribution in [3.8, 4) is 0 Å². The second-order valence-corrected chi connectivity index (χ2v) is 7.19. The Balaban J connectivity index is 1.80. The molecule has 1 aliphatic rings. The summed E-state index contributed by atoms with van der Waals surface area (Å²) in [6, 6.07) is 6.42.